The van der Waals surface area contributed by atoms with Crippen LogP contribution in [-0.2, 0) is 4.79 Å². The zero-order valence-corrected chi connectivity index (χ0v) is 18.3. The van der Waals surface area contributed by atoms with Crippen LogP contribution in [0.15, 0.2) is 24.3 Å². The van der Waals surface area contributed by atoms with E-state index < -0.39 is 29.1 Å². The Morgan fingerprint density at radius 3 is 2.48 bits per heavy atom. The minimum absolute atomic E-state index is 0.136. The number of rotatable bonds is 6. The Morgan fingerprint density at radius 1 is 1.19 bits per heavy atom. The Hall–Kier alpha value is -1.93. The van der Waals surface area contributed by atoms with Gasteiger partial charge >= 0.3 is 12.1 Å². The van der Waals surface area contributed by atoms with Crippen LogP contribution in [0.3, 0.4) is 0 Å². The van der Waals surface area contributed by atoms with Gasteiger partial charge < -0.3 is 5.11 Å². The number of hydrogen-bond donors (Lipinski definition) is 2. The summed E-state index contributed by atoms with van der Waals surface area (Å²) in [6, 6.07) is 6.18. The van der Waals surface area contributed by atoms with Crippen LogP contribution in [0.2, 0.25) is 0 Å². The van der Waals surface area contributed by atoms with Gasteiger partial charge in [-0.2, -0.15) is 13.2 Å². The van der Waals surface area contributed by atoms with E-state index in [1.807, 2.05) is 11.0 Å². The molecule has 0 bridgehead atoms. The van der Waals surface area contributed by atoms with Crippen molar-refractivity contribution in [3.63, 3.8) is 0 Å². The zero-order chi connectivity index (χ0) is 23.0. The SMILES string of the molecule is CC1(C(=O)O)CCC(C(=O)c2ccccc2C2CCCCN2CC(C)(C)C(F)(F)F)N1. The normalized spacial score (nSPS) is 27.9. The fraction of sp³-hybridized carbons (Fsp3) is 0.652. The summed E-state index contributed by atoms with van der Waals surface area (Å²) in [6.07, 6.45) is -1.18. The first-order chi connectivity index (χ1) is 14.4. The number of likely N-dealkylation sites (tertiary alicyclic amines) is 1. The summed E-state index contributed by atoms with van der Waals surface area (Å²) in [6.45, 7) is 4.40. The van der Waals surface area contributed by atoms with Gasteiger partial charge in [0.25, 0.3) is 0 Å². The predicted molar refractivity (Wildman–Crippen MR) is 111 cm³/mol. The standard InChI is InChI=1S/C23H31F3N2O3/c1-21(2,23(24,25)26)14-28-13-7-6-10-18(28)15-8-4-5-9-16(15)19(29)17-11-12-22(3,27-17)20(30)31/h4-5,8-9,17-18,27H,6-7,10-14H2,1-3H3,(H,30,31). The third kappa shape index (κ3) is 4.80. The summed E-state index contributed by atoms with van der Waals surface area (Å²) in [4.78, 5) is 26.7. The number of aliphatic carboxylic acids is 1. The number of carbonyl (C=O) groups excluding carboxylic acids is 1. The Labute approximate surface area is 181 Å². The number of nitrogens with zero attached hydrogens (tertiary/aromatic N) is 1. The summed E-state index contributed by atoms with van der Waals surface area (Å²) < 4.78 is 40.6. The molecule has 0 aliphatic carbocycles. The van der Waals surface area contributed by atoms with Crippen LogP contribution >= 0.6 is 0 Å². The molecule has 2 aliphatic rings. The van der Waals surface area contributed by atoms with Crippen LogP contribution in [0, 0.1) is 5.41 Å². The molecule has 2 saturated heterocycles. The van der Waals surface area contributed by atoms with Gasteiger partial charge in [-0.25, -0.2) is 0 Å². The fourth-order valence-electron chi connectivity index (χ4n) is 4.66. The number of ketones is 1. The van der Waals surface area contributed by atoms with E-state index in [1.165, 1.54) is 13.8 Å². The van der Waals surface area contributed by atoms with E-state index >= 15 is 0 Å². The highest BCUT2D eigenvalue weighted by Crippen LogP contribution is 2.42. The Kier molecular flexibility index (Phi) is 6.54. The Balaban J connectivity index is 1.88. The summed E-state index contributed by atoms with van der Waals surface area (Å²) >= 11 is 0. The lowest BCUT2D eigenvalue weighted by Crippen LogP contribution is -2.49. The molecule has 3 unspecified atom stereocenters. The molecule has 172 valence electrons. The number of nitrogens with one attached hydrogen (secondary N) is 1. The number of hydrogen-bond acceptors (Lipinski definition) is 4. The fourth-order valence-corrected chi connectivity index (χ4v) is 4.66. The van der Waals surface area contributed by atoms with Crippen molar-refractivity contribution in [2.24, 2.45) is 5.41 Å². The van der Waals surface area contributed by atoms with Gasteiger partial charge in [0.1, 0.15) is 5.54 Å². The average molecular weight is 441 g/mol. The van der Waals surface area contributed by atoms with Crippen molar-refractivity contribution in [1.29, 1.82) is 0 Å². The van der Waals surface area contributed by atoms with Crippen molar-refractivity contribution >= 4 is 11.8 Å². The number of Topliss-reactive ketones (excluding diaryl/α,β-unsaturated/α-hetero) is 1. The van der Waals surface area contributed by atoms with Crippen LogP contribution in [0.4, 0.5) is 13.2 Å². The van der Waals surface area contributed by atoms with Gasteiger partial charge in [-0.05, 0) is 58.6 Å². The quantitative estimate of drug-likeness (QED) is 0.634. The molecular weight excluding hydrogens is 409 g/mol. The van der Waals surface area contributed by atoms with Crippen LogP contribution in [0.25, 0.3) is 0 Å². The summed E-state index contributed by atoms with van der Waals surface area (Å²) in [5, 5.41) is 12.4. The molecule has 0 amide bonds. The van der Waals surface area contributed by atoms with E-state index in [1.54, 1.807) is 25.1 Å². The van der Waals surface area contributed by atoms with E-state index in [0.29, 0.717) is 31.4 Å². The number of carboxylic acids is 1. The molecule has 0 saturated carbocycles. The lowest BCUT2D eigenvalue weighted by atomic mass is 9.85. The third-order valence-corrected chi connectivity index (χ3v) is 6.78. The molecule has 8 heteroatoms. The molecule has 0 spiro atoms. The molecule has 2 fully saturated rings. The number of benzene rings is 1. The van der Waals surface area contributed by atoms with Gasteiger partial charge in [0.15, 0.2) is 5.78 Å². The summed E-state index contributed by atoms with van der Waals surface area (Å²) in [5.74, 6) is -1.19. The largest absolute Gasteiger partial charge is 0.480 e. The lowest BCUT2D eigenvalue weighted by Gasteiger charge is -2.42. The number of piperidine rings is 1. The number of halogens is 3. The smallest absolute Gasteiger partial charge is 0.395 e. The molecule has 2 N–H and O–H groups in total. The maximum absolute atomic E-state index is 13.5. The summed E-state index contributed by atoms with van der Waals surface area (Å²) in [7, 11) is 0. The molecule has 2 heterocycles. The second-order valence-electron chi connectivity index (χ2n) is 9.69. The second-order valence-corrected chi connectivity index (χ2v) is 9.69. The molecule has 5 nitrogen and oxygen atoms in total. The third-order valence-electron chi connectivity index (χ3n) is 6.78. The first-order valence-electron chi connectivity index (χ1n) is 10.8. The Morgan fingerprint density at radius 2 is 1.87 bits per heavy atom. The van der Waals surface area contributed by atoms with Crippen LogP contribution in [0.5, 0.6) is 0 Å². The second kappa shape index (κ2) is 8.54. The molecule has 0 aromatic heterocycles. The minimum Gasteiger partial charge on any atom is -0.480 e. The van der Waals surface area contributed by atoms with E-state index in [2.05, 4.69) is 5.32 Å². The van der Waals surface area contributed by atoms with Gasteiger partial charge in [0.05, 0.1) is 11.5 Å². The maximum atomic E-state index is 13.5. The van der Waals surface area contributed by atoms with Crippen molar-refractivity contribution in [3.05, 3.63) is 35.4 Å². The van der Waals surface area contributed by atoms with Crippen molar-refractivity contribution < 1.29 is 27.9 Å². The van der Waals surface area contributed by atoms with Crippen LogP contribution in [0.1, 0.15) is 74.8 Å². The first kappa shape index (κ1) is 23.7. The van der Waals surface area contributed by atoms with Crippen molar-refractivity contribution in [2.75, 3.05) is 13.1 Å². The topological polar surface area (TPSA) is 69.6 Å². The number of carboxylic acid groups (broad SMARTS) is 1. The summed E-state index contributed by atoms with van der Waals surface area (Å²) in [5.41, 5.74) is -1.81. The van der Waals surface area contributed by atoms with Gasteiger partial charge in [0.2, 0.25) is 0 Å². The number of carbonyl (C=O) groups is 2. The Bertz CT molecular complexity index is 840. The van der Waals surface area contributed by atoms with Crippen LogP contribution in [-0.4, -0.2) is 52.6 Å². The highest BCUT2D eigenvalue weighted by Gasteiger charge is 2.49. The molecule has 3 rings (SSSR count). The van der Waals surface area contributed by atoms with Crippen molar-refractivity contribution in [2.45, 2.75) is 76.7 Å². The molecular formula is C23H31F3N2O3. The lowest BCUT2D eigenvalue weighted by molar-refractivity contribution is -0.219. The monoisotopic (exact) mass is 440 g/mol. The predicted octanol–water partition coefficient (Wildman–Crippen LogP) is 4.58. The molecule has 31 heavy (non-hydrogen) atoms. The molecule has 2 aliphatic heterocycles. The maximum Gasteiger partial charge on any atom is 0.395 e. The van der Waals surface area contributed by atoms with E-state index in [0.717, 1.165) is 18.4 Å². The van der Waals surface area contributed by atoms with E-state index in [4.69, 9.17) is 0 Å². The highest BCUT2D eigenvalue weighted by atomic mass is 19.4. The molecule has 1 aromatic rings. The molecule has 0 radical (unpaired) electrons. The first-order valence-corrected chi connectivity index (χ1v) is 10.8. The van der Waals surface area contributed by atoms with Crippen molar-refractivity contribution in [3.8, 4) is 0 Å². The van der Waals surface area contributed by atoms with Gasteiger partial charge in [-0.15, -0.1) is 0 Å². The average Bonchev–Trinajstić information content (AvgIpc) is 3.10. The number of alkyl halides is 3. The van der Waals surface area contributed by atoms with Crippen LogP contribution < -0.4 is 5.32 Å². The minimum atomic E-state index is -4.32. The molecule has 3 atom stereocenters. The van der Waals surface area contributed by atoms with Gasteiger partial charge in [0, 0.05) is 18.2 Å². The zero-order valence-electron chi connectivity index (χ0n) is 18.3. The highest BCUT2D eigenvalue weighted by molar-refractivity contribution is 6.02. The van der Waals surface area contributed by atoms with Gasteiger partial charge in [-0.3, -0.25) is 19.8 Å². The van der Waals surface area contributed by atoms with Gasteiger partial charge in [-0.1, -0.05) is 30.7 Å². The van der Waals surface area contributed by atoms with E-state index in [9.17, 15) is 27.9 Å². The van der Waals surface area contributed by atoms with Crippen molar-refractivity contribution in [1.82, 2.24) is 10.2 Å². The molecule has 1 aromatic carbocycles. The van der Waals surface area contributed by atoms with E-state index in [-0.39, 0.29) is 18.4 Å².